The molecule has 7 nitrogen and oxygen atoms in total. The van der Waals surface area contributed by atoms with Crippen molar-refractivity contribution in [2.24, 2.45) is 5.10 Å². The Balaban J connectivity index is 1.56. The Hall–Kier alpha value is -4.00. The number of H-pyrrole nitrogens is 1. The lowest BCUT2D eigenvalue weighted by atomic mass is 10.0. The second-order valence-electron chi connectivity index (χ2n) is 6.91. The SMILES string of the molecule is COc1ccc(-c2[nH]ncc2/C=N/NC(=O)c2cc(C)nc3c(C)cccc23)cc1. The third kappa shape index (κ3) is 3.77. The number of hydrogen-bond donors (Lipinski definition) is 2. The first-order valence-electron chi connectivity index (χ1n) is 9.45. The van der Waals surface area contributed by atoms with Crippen LogP contribution in [0.15, 0.2) is 59.8 Å². The van der Waals surface area contributed by atoms with Crippen molar-refractivity contribution in [2.75, 3.05) is 7.11 Å². The summed E-state index contributed by atoms with van der Waals surface area (Å²) in [4.78, 5) is 17.3. The molecule has 0 spiro atoms. The summed E-state index contributed by atoms with van der Waals surface area (Å²) >= 11 is 0. The van der Waals surface area contributed by atoms with Crippen LogP contribution in [-0.4, -0.2) is 34.4 Å². The molecule has 0 radical (unpaired) electrons. The van der Waals surface area contributed by atoms with Crippen LogP contribution in [0.4, 0.5) is 0 Å². The summed E-state index contributed by atoms with van der Waals surface area (Å²) in [5.74, 6) is 0.484. The molecule has 4 rings (SSSR count). The van der Waals surface area contributed by atoms with Crippen LogP contribution in [0.3, 0.4) is 0 Å². The molecule has 1 amide bonds. The van der Waals surface area contributed by atoms with Gasteiger partial charge < -0.3 is 4.74 Å². The first-order valence-corrected chi connectivity index (χ1v) is 9.45. The molecule has 2 heterocycles. The second kappa shape index (κ2) is 8.16. The second-order valence-corrected chi connectivity index (χ2v) is 6.91. The number of carbonyl (C=O) groups excluding carboxylic acids is 1. The molecule has 0 bridgehead atoms. The van der Waals surface area contributed by atoms with E-state index in [0.717, 1.165) is 44.7 Å². The molecule has 0 unspecified atom stereocenters. The van der Waals surface area contributed by atoms with Crippen LogP contribution in [0.25, 0.3) is 22.2 Å². The third-order valence-corrected chi connectivity index (χ3v) is 4.83. The van der Waals surface area contributed by atoms with Crippen LogP contribution in [0, 0.1) is 13.8 Å². The average molecular weight is 399 g/mol. The minimum atomic E-state index is -0.290. The number of pyridine rings is 1. The highest BCUT2D eigenvalue weighted by Crippen LogP contribution is 2.23. The number of hydrazone groups is 1. The zero-order chi connectivity index (χ0) is 21.1. The maximum absolute atomic E-state index is 12.8. The topological polar surface area (TPSA) is 92.3 Å². The van der Waals surface area contributed by atoms with E-state index in [-0.39, 0.29) is 5.91 Å². The van der Waals surface area contributed by atoms with Gasteiger partial charge in [0, 0.05) is 22.2 Å². The van der Waals surface area contributed by atoms with E-state index >= 15 is 0 Å². The Morgan fingerprint density at radius 1 is 1.17 bits per heavy atom. The molecule has 30 heavy (non-hydrogen) atoms. The zero-order valence-electron chi connectivity index (χ0n) is 16.9. The summed E-state index contributed by atoms with van der Waals surface area (Å²) in [6.45, 7) is 3.85. The van der Waals surface area contributed by atoms with Gasteiger partial charge in [-0.1, -0.05) is 18.2 Å². The van der Waals surface area contributed by atoms with Crippen LogP contribution in [-0.2, 0) is 0 Å². The molecule has 2 N–H and O–H groups in total. The van der Waals surface area contributed by atoms with Gasteiger partial charge in [0.2, 0.25) is 0 Å². The molecule has 0 saturated heterocycles. The van der Waals surface area contributed by atoms with Gasteiger partial charge in [-0.15, -0.1) is 0 Å². The number of methoxy groups -OCH3 is 1. The molecule has 0 fully saturated rings. The summed E-state index contributed by atoms with van der Waals surface area (Å²) in [6, 6.07) is 15.2. The molecule has 4 aromatic rings. The van der Waals surface area contributed by atoms with Crippen LogP contribution in [0.5, 0.6) is 5.75 Å². The number of para-hydroxylation sites is 1. The van der Waals surface area contributed by atoms with Gasteiger partial charge in [0.15, 0.2) is 0 Å². The molecule has 0 saturated carbocycles. The number of carbonyl (C=O) groups is 1. The molecule has 0 aliphatic rings. The Morgan fingerprint density at radius 2 is 1.97 bits per heavy atom. The normalized spacial score (nSPS) is 11.2. The summed E-state index contributed by atoms with van der Waals surface area (Å²) in [5.41, 5.74) is 8.28. The first-order chi connectivity index (χ1) is 14.6. The zero-order valence-corrected chi connectivity index (χ0v) is 16.9. The molecular weight excluding hydrogens is 378 g/mol. The Morgan fingerprint density at radius 3 is 2.73 bits per heavy atom. The molecule has 2 aromatic heterocycles. The van der Waals surface area contributed by atoms with E-state index in [4.69, 9.17) is 4.74 Å². The van der Waals surface area contributed by atoms with Crippen molar-refractivity contribution in [1.82, 2.24) is 20.6 Å². The summed E-state index contributed by atoms with van der Waals surface area (Å²) < 4.78 is 5.19. The number of fused-ring (bicyclic) bond motifs is 1. The Bertz CT molecular complexity index is 1240. The molecule has 150 valence electrons. The van der Waals surface area contributed by atoms with Gasteiger partial charge in [-0.3, -0.25) is 14.9 Å². The smallest absolute Gasteiger partial charge is 0.272 e. The van der Waals surface area contributed by atoms with Crippen molar-refractivity contribution >= 4 is 23.0 Å². The van der Waals surface area contributed by atoms with Gasteiger partial charge in [-0.25, -0.2) is 5.43 Å². The molecule has 7 heteroatoms. The minimum absolute atomic E-state index is 0.290. The van der Waals surface area contributed by atoms with Crippen LogP contribution >= 0.6 is 0 Å². The van der Waals surface area contributed by atoms with E-state index in [1.165, 1.54) is 0 Å². The predicted octanol–water partition coefficient (Wildman–Crippen LogP) is 4.01. The fourth-order valence-electron chi connectivity index (χ4n) is 3.31. The fourth-order valence-corrected chi connectivity index (χ4v) is 3.31. The number of rotatable bonds is 5. The Kier molecular flexibility index (Phi) is 5.26. The van der Waals surface area contributed by atoms with Gasteiger partial charge in [0.05, 0.1) is 36.3 Å². The van der Waals surface area contributed by atoms with E-state index in [2.05, 4.69) is 25.7 Å². The van der Waals surface area contributed by atoms with E-state index in [1.807, 2.05) is 56.3 Å². The van der Waals surface area contributed by atoms with E-state index in [1.54, 1.807) is 25.6 Å². The highest BCUT2D eigenvalue weighted by Gasteiger charge is 2.13. The Labute approximate surface area is 173 Å². The standard InChI is InChI=1S/C23H21N5O2/c1-14-5-4-6-19-20(11-15(2)26-21(14)19)23(29)28-25-13-17-12-24-27-22(17)16-7-9-18(30-3)10-8-16/h4-13H,1-3H3,(H,24,27)(H,28,29)/b25-13+. The molecule has 0 aliphatic carbocycles. The van der Waals surface area contributed by atoms with E-state index in [0.29, 0.717) is 5.56 Å². The summed E-state index contributed by atoms with van der Waals surface area (Å²) in [6.07, 6.45) is 3.23. The summed E-state index contributed by atoms with van der Waals surface area (Å²) in [5, 5.41) is 12.0. The predicted molar refractivity (Wildman–Crippen MR) is 117 cm³/mol. The number of amides is 1. The van der Waals surface area contributed by atoms with Crippen molar-refractivity contribution in [3.63, 3.8) is 0 Å². The number of nitrogens with zero attached hydrogens (tertiary/aromatic N) is 3. The van der Waals surface area contributed by atoms with Crippen molar-refractivity contribution < 1.29 is 9.53 Å². The maximum Gasteiger partial charge on any atom is 0.272 e. The van der Waals surface area contributed by atoms with Gasteiger partial charge in [0.25, 0.3) is 5.91 Å². The third-order valence-electron chi connectivity index (χ3n) is 4.83. The van der Waals surface area contributed by atoms with E-state index < -0.39 is 0 Å². The lowest BCUT2D eigenvalue weighted by Crippen LogP contribution is -2.18. The quantitative estimate of drug-likeness (QED) is 0.392. The first kappa shape index (κ1) is 19.3. The molecule has 2 aromatic carbocycles. The number of aromatic amines is 1. The lowest BCUT2D eigenvalue weighted by Gasteiger charge is -2.08. The number of benzene rings is 2. The van der Waals surface area contributed by atoms with E-state index in [9.17, 15) is 4.79 Å². The number of aryl methyl sites for hydroxylation is 2. The monoisotopic (exact) mass is 399 g/mol. The van der Waals surface area contributed by atoms with Crippen molar-refractivity contribution in [3.8, 4) is 17.0 Å². The number of aromatic nitrogens is 3. The van der Waals surface area contributed by atoms with Gasteiger partial charge in [0.1, 0.15) is 5.75 Å². The summed E-state index contributed by atoms with van der Waals surface area (Å²) in [7, 11) is 1.63. The lowest BCUT2D eigenvalue weighted by molar-refractivity contribution is 0.0956. The minimum Gasteiger partial charge on any atom is -0.497 e. The highest BCUT2D eigenvalue weighted by molar-refractivity contribution is 6.07. The highest BCUT2D eigenvalue weighted by atomic mass is 16.5. The molecule has 0 aliphatic heterocycles. The number of hydrogen-bond acceptors (Lipinski definition) is 5. The molecular formula is C23H21N5O2. The maximum atomic E-state index is 12.8. The van der Waals surface area contributed by atoms with Crippen molar-refractivity contribution in [2.45, 2.75) is 13.8 Å². The molecule has 0 atom stereocenters. The number of nitrogens with one attached hydrogen (secondary N) is 2. The van der Waals surface area contributed by atoms with Gasteiger partial charge in [-0.05, 0) is 49.7 Å². The largest absolute Gasteiger partial charge is 0.497 e. The van der Waals surface area contributed by atoms with Crippen molar-refractivity contribution in [1.29, 1.82) is 0 Å². The fraction of sp³-hybridized carbons (Fsp3) is 0.130. The number of ether oxygens (including phenoxy) is 1. The van der Waals surface area contributed by atoms with Crippen LogP contribution in [0.1, 0.15) is 27.2 Å². The van der Waals surface area contributed by atoms with Gasteiger partial charge >= 0.3 is 0 Å². The average Bonchev–Trinajstić information content (AvgIpc) is 3.22. The van der Waals surface area contributed by atoms with Gasteiger partial charge in [-0.2, -0.15) is 10.2 Å². The van der Waals surface area contributed by atoms with Crippen LogP contribution in [0.2, 0.25) is 0 Å². The van der Waals surface area contributed by atoms with Crippen molar-refractivity contribution in [3.05, 3.63) is 77.1 Å². The van der Waals surface area contributed by atoms with Crippen LogP contribution < -0.4 is 10.2 Å².